The summed E-state index contributed by atoms with van der Waals surface area (Å²) in [6.07, 6.45) is 0. The first-order valence-corrected chi connectivity index (χ1v) is 10.4. The van der Waals surface area contributed by atoms with E-state index in [9.17, 15) is 4.79 Å². The fourth-order valence-electron chi connectivity index (χ4n) is 4.00. The average Bonchev–Trinajstić information content (AvgIpc) is 3.01. The highest BCUT2D eigenvalue weighted by atomic mass is 35.5. The van der Waals surface area contributed by atoms with Crippen LogP contribution in [-0.4, -0.2) is 60.4 Å². The SMILES string of the molecule is Cc1cc(C#CCN2CCN(C)CC2)cc2c1C(=O)N(Cc1ccc(Cl)cc1)C2. The number of nitrogens with zero attached hydrogens (tertiary/aromatic N) is 3. The highest BCUT2D eigenvalue weighted by Gasteiger charge is 2.29. The lowest BCUT2D eigenvalue weighted by molar-refractivity contribution is 0.0766. The van der Waals surface area contributed by atoms with Gasteiger partial charge in [-0.3, -0.25) is 9.69 Å². The Morgan fingerprint density at radius 1 is 1.07 bits per heavy atom. The Morgan fingerprint density at radius 3 is 2.52 bits per heavy atom. The van der Waals surface area contributed by atoms with Crippen LogP contribution in [0.4, 0.5) is 0 Å². The molecule has 5 heteroatoms. The second kappa shape index (κ2) is 8.59. The standard InChI is InChI=1S/C24H26ClN3O/c1-18-14-20(4-3-9-27-12-10-26(2)11-13-27)15-21-17-28(24(29)23(18)21)16-19-5-7-22(25)8-6-19/h5-8,14-15H,9-13,16-17H2,1-2H3. The van der Waals surface area contributed by atoms with Gasteiger partial charge in [0.2, 0.25) is 0 Å². The van der Waals surface area contributed by atoms with E-state index in [0.717, 1.165) is 60.5 Å². The van der Waals surface area contributed by atoms with E-state index in [2.05, 4.69) is 34.8 Å². The fraction of sp³-hybridized carbons (Fsp3) is 0.375. The molecule has 0 aliphatic carbocycles. The molecular weight excluding hydrogens is 382 g/mol. The maximum Gasteiger partial charge on any atom is 0.255 e. The Morgan fingerprint density at radius 2 is 1.79 bits per heavy atom. The van der Waals surface area contributed by atoms with Crippen molar-refractivity contribution < 1.29 is 4.79 Å². The van der Waals surface area contributed by atoms with Gasteiger partial charge in [-0.15, -0.1) is 0 Å². The van der Waals surface area contributed by atoms with Gasteiger partial charge in [0, 0.05) is 55.4 Å². The third-order valence-corrected chi connectivity index (χ3v) is 5.95. The van der Waals surface area contributed by atoms with Gasteiger partial charge in [-0.05, 0) is 54.9 Å². The van der Waals surface area contributed by atoms with Crippen LogP contribution in [0.15, 0.2) is 36.4 Å². The fourth-order valence-corrected chi connectivity index (χ4v) is 4.12. The lowest BCUT2D eigenvalue weighted by Gasteiger charge is -2.30. The van der Waals surface area contributed by atoms with E-state index in [1.54, 1.807) is 0 Å². The molecule has 4 nitrogen and oxygen atoms in total. The molecule has 0 N–H and O–H groups in total. The van der Waals surface area contributed by atoms with Crippen molar-refractivity contribution in [1.29, 1.82) is 0 Å². The number of benzene rings is 2. The van der Waals surface area contributed by atoms with Crippen molar-refractivity contribution in [3.63, 3.8) is 0 Å². The van der Waals surface area contributed by atoms with E-state index in [0.29, 0.717) is 18.1 Å². The van der Waals surface area contributed by atoms with Crippen LogP contribution in [0.5, 0.6) is 0 Å². The van der Waals surface area contributed by atoms with Gasteiger partial charge in [0.25, 0.3) is 5.91 Å². The van der Waals surface area contributed by atoms with Crippen molar-refractivity contribution in [2.45, 2.75) is 20.0 Å². The van der Waals surface area contributed by atoms with Gasteiger partial charge in [0.15, 0.2) is 0 Å². The number of carbonyl (C=O) groups is 1. The first-order chi connectivity index (χ1) is 14.0. The molecule has 0 spiro atoms. The molecule has 2 aromatic rings. The van der Waals surface area contributed by atoms with E-state index in [1.165, 1.54) is 0 Å². The zero-order chi connectivity index (χ0) is 20.4. The Hall–Kier alpha value is -2.32. The number of amides is 1. The Kier molecular flexibility index (Phi) is 5.91. The third-order valence-electron chi connectivity index (χ3n) is 5.70. The van der Waals surface area contributed by atoms with Gasteiger partial charge in [0.1, 0.15) is 0 Å². The van der Waals surface area contributed by atoms with Crippen LogP contribution in [0.3, 0.4) is 0 Å². The Bertz CT molecular complexity index is 966. The summed E-state index contributed by atoms with van der Waals surface area (Å²) in [5.41, 5.74) is 5.00. The molecule has 0 aromatic heterocycles. The van der Waals surface area contributed by atoms with E-state index in [1.807, 2.05) is 42.2 Å². The molecule has 1 saturated heterocycles. The molecule has 1 fully saturated rings. The Labute approximate surface area is 178 Å². The topological polar surface area (TPSA) is 26.8 Å². The minimum atomic E-state index is 0.101. The maximum absolute atomic E-state index is 12.9. The molecule has 2 aliphatic rings. The minimum absolute atomic E-state index is 0.101. The summed E-state index contributed by atoms with van der Waals surface area (Å²) in [6.45, 7) is 8.38. The summed E-state index contributed by atoms with van der Waals surface area (Å²) in [7, 11) is 2.16. The molecule has 29 heavy (non-hydrogen) atoms. The first kappa shape index (κ1) is 20.0. The van der Waals surface area contributed by atoms with Crippen LogP contribution in [0.2, 0.25) is 5.02 Å². The van der Waals surface area contributed by atoms with Crippen LogP contribution in [0, 0.1) is 18.8 Å². The van der Waals surface area contributed by atoms with Crippen molar-refractivity contribution in [3.05, 3.63) is 69.2 Å². The number of carbonyl (C=O) groups excluding carboxylic acids is 1. The number of piperazine rings is 1. The van der Waals surface area contributed by atoms with Gasteiger partial charge < -0.3 is 9.80 Å². The van der Waals surface area contributed by atoms with Crippen molar-refractivity contribution in [2.75, 3.05) is 39.8 Å². The first-order valence-electron chi connectivity index (χ1n) is 10.1. The number of fused-ring (bicyclic) bond motifs is 1. The van der Waals surface area contributed by atoms with Gasteiger partial charge in [-0.2, -0.15) is 0 Å². The predicted octanol–water partition coefficient (Wildman–Crippen LogP) is 3.40. The summed E-state index contributed by atoms with van der Waals surface area (Å²) in [4.78, 5) is 19.5. The second-order valence-corrected chi connectivity index (χ2v) is 8.43. The molecule has 150 valence electrons. The zero-order valence-electron chi connectivity index (χ0n) is 17.0. The van der Waals surface area contributed by atoms with Crippen molar-refractivity contribution >= 4 is 17.5 Å². The molecule has 2 aromatic carbocycles. The van der Waals surface area contributed by atoms with Crippen molar-refractivity contribution in [2.24, 2.45) is 0 Å². The smallest absolute Gasteiger partial charge is 0.255 e. The van der Waals surface area contributed by atoms with Crippen molar-refractivity contribution in [1.82, 2.24) is 14.7 Å². The number of aryl methyl sites for hydroxylation is 1. The molecule has 1 amide bonds. The molecule has 4 rings (SSSR count). The van der Waals surface area contributed by atoms with Gasteiger partial charge >= 0.3 is 0 Å². The Balaban J connectivity index is 1.45. The van der Waals surface area contributed by atoms with Crippen molar-refractivity contribution in [3.8, 4) is 11.8 Å². The lowest BCUT2D eigenvalue weighted by atomic mass is 10.0. The summed E-state index contributed by atoms with van der Waals surface area (Å²) < 4.78 is 0. The second-order valence-electron chi connectivity index (χ2n) is 8.00. The average molecular weight is 408 g/mol. The molecule has 0 saturated carbocycles. The van der Waals surface area contributed by atoms with E-state index >= 15 is 0 Å². The monoisotopic (exact) mass is 407 g/mol. The minimum Gasteiger partial charge on any atom is -0.330 e. The maximum atomic E-state index is 12.9. The molecule has 2 aliphatic heterocycles. The summed E-state index contributed by atoms with van der Waals surface area (Å²) in [5, 5.41) is 0.709. The number of hydrogen-bond donors (Lipinski definition) is 0. The molecule has 0 unspecified atom stereocenters. The van der Waals surface area contributed by atoms with Crippen LogP contribution < -0.4 is 0 Å². The number of halogens is 1. The quantitative estimate of drug-likeness (QED) is 0.729. The molecule has 0 bridgehead atoms. The van der Waals surface area contributed by atoms with Crippen LogP contribution in [0.25, 0.3) is 0 Å². The third kappa shape index (κ3) is 4.64. The predicted molar refractivity (Wildman–Crippen MR) is 117 cm³/mol. The summed E-state index contributed by atoms with van der Waals surface area (Å²) in [5.74, 6) is 6.73. The summed E-state index contributed by atoms with van der Waals surface area (Å²) in [6, 6.07) is 11.8. The van der Waals surface area contributed by atoms with Crippen LogP contribution in [-0.2, 0) is 13.1 Å². The highest BCUT2D eigenvalue weighted by molar-refractivity contribution is 6.30. The summed E-state index contributed by atoms with van der Waals surface area (Å²) >= 11 is 5.97. The van der Waals surface area contributed by atoms with Crippen LogP contribution >= 0.6 is 11.6 Å². The lowest BCUT2D eigenvalue weighted by Crippen LogP contribution is -2.44. The number of likely N-dealkylation sites (N-methyl/N-ethyl adjacent to an activating group) is 1. The van der Waals surface area contributed by atoms with Gasteiger partial charge in [0.05, 0.1) is 6.54 Å². The van der Waals surface area contributed by atoms with Crippen LogP contribution in [0.1, 0.15) is 32.6 Å². The molecule has 0 atom stereocenters. The normalized spacial score (nSPS) is 17.2. The van der Waals surface area contributed by atoms with E-state index in [-0.39, 0.29) is 5.91 Å². The molecule has 2 heterocycles. The number of hydrogen-bond acceptors (Lipinski definition) is 3. The van der Waals surface area contributed by atoms with Gasteiger partial charge in [-0.25, -0.2) is 0 Å². The largest absolute Gasteiger partial charge is 0.330 e. The van der Waals surface area contributed by atoms with E-state index < -0.39 is 0 Å². The zero-order valence-corrected chi connectivity index (χ0v) is 17.8. The number of rotatable bonds is 3. The molecule has 0 radical (unpaired) electrons. The molecular formula is C24H26ClN3O. The van der Waals surface area contributed by atoms with Gasteiger partial charge in [-0.1, -0.05) is 35.6 Å². The van der Waals surface area contributed by atoms with E-state index in [4.69, 9.17) is 11.6 Å². The highest BCUT2D eigenvalue weighted by Crippen LogP contribution is 2.28.